The van der Waals surface area contributed by atoms with Gasteiger partial charge in [-0.25, -0.2) is 4.74 Å². The van der Waals surface area contributed by atoms with Crippen LogP contribution in [0.2, 0.25) is 0 Å². The Labute approximate surface area is 115 Å². The molecule has 0 saturated carbocycles. The van der Waals surface area contributed by atoms with Gasteiger partial charge in [0.1, 0.15) is 0 Å². The first-order chi connectivity index (χ1) is 9.05. The van der Waals surface area contributed by atoms with Crippen LogP contribution in [0.1, 0.15) is 25.5 Å². The van der Waals surface area contributed by atoms with Gasteiger partial charge in [0, 0.05) is 12.5 Å². The molecule has 1 aromatic heterocycles. The summed E-state index contributed by atoms with van der Waals surface area (Å²) in [5, 5.41) is 10.0. The lowest BCUT2D eigenvalue weighted by atomic mass is 10.3. The van der Waals surface area contributed by atoms with E-state index in [2.05, 4.69) is 4.42 Å². The molecule has 0 aliphatic heterocycles. The molecule has 9 nitrogen and oxygen atoms in total. The standard InChI is InChI=1S/C9H13NO8S2/c1-2-3-4-10(11)6-7-5-8(19(12,13)14)9(18-7)20(15,16)17/h5-6H,2-4H2,1H3,(H,12,13,14)(H,15,16,17). The molecule has 1 rings (SSSR count). The fraction of sp³-hybridized carbons (Fsp3) is 0.444. The molecule has 114 valence electrons. The van der Waals surface area contributed by atoms with E-state index in [0.29, 0.717) is 17.2 Å². The fourth-order valence-corrected chi connectivity index (χ4v) is 2.98. The highest BCUT2D eigenvalue weighted by Crippen LogP contribution is 2.24. The summed E-state index contributed by atoms with van der Waals surface area (Å²) in [5.74, 6) is -0.420. The van der Waals surface area contributed by atoms with Gasteiger partial charge in [-0.3, -0.25) is 9.11 Å². The lowest BCUT2D eigenvalue weighted by Crippen LogP contribution is -2.06. The van der Waals surface area contributed by atoms with E-state index >= 15 is 0 Å². The summed E-state index contributed by atoms with van der Waals surface area (Å²) in [4.78, 5) is -1.13. The lowest BCUT2D eigenvalue weighted by molar-refractivity contribution is -0.453. The van der Waals surface area contributed by atoms with E-state index in [4.69, 9.17) is 9.11 Å². The maximum Gasteiger partial charge on any atom is 0.329 e. The number of hydrogen-bond donors (Lipinski definition) is 2. The second-order valence-electron chi connectivity index (χ2n) is 3.87. The smallest absolute Gasteiger partial charge is 0.329 e. The molecular weight excluding hydrogens is 314 g/mol. The average molecular weight is 327 g/mol. The lowest BCUT2D eigenvalue weighted by Gasteiger charge is -2.00. The van der Waals surface area contributed by atoms with Crippen LogP contribution in [0.25, 0.3) is 0 Å². The van der Waals surface area contributed by atoms with E-state index in [1.807, 2.05) is 6.92 Å². The van der Waals surface area contributed by atoms with E-state index in [-0.39, 0.29) is 6.54 Å². The zero-order valence-corrected chi connectivity index (χ0v) is 12.0. The van der Waals surface area contributed by atoms with Crippen molar-refractivity contribution in [3.63, 3.8) is 0 Å². The third kappa shape index (κ3) is 4.30. The van der Waals surface area contributed by atoms with E-state index in [1.54, 1.807) is 0 Å². The van der Waals surface area contributed by atoms with Crippen molar-refractivity contribution >= 4 is 26.5 Å². The van der Waals surface area contributed by atoms with Gasteiger partial charge in [-0.15, -0.1) is 0 Å². The van der Waals surface area contributed by atoms with Gasteiger partial charge in [-0.1, -0.05) is 13.3 Å². The molecule has 1 aromatic rings. The Morgan fingerprint density at radius 1 is 1.30 bits per heavy atom. The summed E-state index contributed by atoms with van der Waals surface area (Å²) in [6, 6.07) is 0.634. The van der Waals surface area contributed by atoms with Gasteiger partial charge < -0.3 is 9.62 Å². The van der Waals surface area contributed by atoms with E-state index in [9.17, 15) is 22.0 Å². The molecule has 0 amide bonds. The molecule has 0 atom stereocenters. The van der Waals surface area contributed by atoms with E-state index in [0.717, 1.165) is 12.6 Å². The van der Waals surface area contributed by atoms with Gasteiger partial charge in [-0.05, 0) is 0 Å². The van der Waals surface area contributed by atoms with Crippen LogP contribution in [0.3, 0.4) is 0 Å². The molecule has 0 radical (unpaired) electrons. The van der Waals surface area contributed by atoms with Gasteiger partial charge in [-0.2, -0.15) is 16.8 Å². The van der Waals surface area contributed by atoms with Crippen molar-refractivity contribution in [3.05, 3.63) is 17.0 Å². The molecule has 1 heterocycles. The molecule has 0 unspecified atom stereocenters. The van der Waals surface area contributed by atoms with Crippen molar-refractivity contribution in [2.24, 2.45) is 0 Å². The fourth-order valence-electron chi connectivity index (χ4n) is 1.32. The van der Waals surface area contributed by atoms with Gasteiger partial charge in [0.2, 0.25) is 6.21 Å². The quantitative estimate of drug-likeness (QED) is 0.252. The maximum absolute atomic E-state index is 11.4. The third-order valence-corrected chi connectivity index (χ3v) is 3.96. The molecule has 0 saturated heterocycles. The highest BCUT2D eigenvalue weighted by molar-refractivity contribution is 7.88. The van der Waals surface area contributed by atoms with Crippen molar-refractivity contribution in [1.82, 2.24) is 0 Å². The van der Waals surface area contributed by atoms with Gasteiger partial charge in [0.25, 0.3) is 15.2 Å². The molecule has 0 aliphatic carbocycles. The summed E-state index contributed by atoms with van der Waals surface area (Å²) in [5.41, 5.74) is 0. The van der Waals surface area contributed by atoms with Crippen LogP contribution in [0.15, 0.2) is 20.5 Å². The van der Waals surface area contributed by atoms with E-state index in [1.165, 1.54) is 0 Å². The van der Waals surface area contributed by atoms with Crippen molar-refractivity contribution < 1.29 is 35.1 Å². The van der Waals surface area contributed by atoms with Crippen molar-refractivity contribution in [1.29, 1.82) is 0 Å². The monoisotopic (exact) mass is 327 g/mol. The molecule has 0 bridgehead atoms. The van der Waals surface area contributed by atoms with Crippen molar-refractivity contribution in [3.8, 4) is 0 Å². The first-order valence-corrected chi connectivity index (χ1v) is 8.31. The third-order valence-electron chi connectivity index (χ3n) is 2.20. The molecule has 20 heavy (non-hydrogen) atoms. The summed E-state index contributed by atoms with van der Waals surface area (Å²) in [7, 11) is -9.92. The number of unbranched alkanes of at least 4 members (excludes halogenated alkanes) is 1. The summed E-state index contributed by atoms with van der Waals surface area (Å²) >= 11 is 0. The Morgan fingerprint density at radius 2 is 1.90 bits per heavy atom. The van der Waals surface area contributed by atoms with Crippen LogP contribution < -0.4 is 0 Å². The Morgan fingerprint density at radius 3 is 2.30 bits per heavy atom. The number of hydrogen-bond acceptors (Lipinski definition) is 6. The highest BCUT2D eigenvalue weighted by Gasteiger charge is 2.30. The molecule has 0 aromatic carbocycles. The molecule has 0 fully saturated rings. The zero-order chi connectivity index (χ0) is 15.6. The van der Waals surface area contributed by atoms with Gasteiger partial charge in [0.05, 0.1) is 0 Å². The molecule has 2 N–H and O–H groups in total. The minimum Gasteiger partial charge on any atom is -0.624 e. The van der Waals surface area contributed by atoms with Gasteiger partial charge >= 0.3 is 10.1 Å². The minimum absolute atomic E-state index is 0.0968. The SMILES string of the molecule is CCCC[N+]([O-])=Cc1cc(S(=O)(=O)O)c(S(=O)(=O)O)o1. The van der Waals surface area contributed by atoms with Crippen LogP contribution >= 0.6 is 0 Å². The van der Waals surface area contributed by atoms with Crippen LogP contribution in [-0.4, -0.2) is 43.4 Å². The first-order valence-electron chi connectivity index (χ1n) is 5.43. The highest BCUT2D eigenvalue weighted by atomic mass is 32.2. The summed E-state index contributed by atoms with van der Waals surface area (Å²) in [6.07, 6.45) is 2.13. The number of nitrogens with zero attached hydrogens (tertiary/aromatic N) is 1. The zero-order valence-electron chi connectivity index (χ0n) is 10.4. The van der Waals surface area contributed by atoms with Crippen LogP contribution in [0.4, 0.5) is 0 Å². The van der Waals surface area contributed by atoms with Crippen molar-refractivity contribution in [2.75, 3.05) is 6.54 Å². The number of furan rings is 1. The Bertz CT molecular complexity index is 664. The largest absolute Gasteiger partial charge is 0.624 e. The van der Waals surface area contributed by atoms with Crippen LogP contribution in [0, 0.1) is 5.21 Å². The molecule has 0 aliphatic rings. The predicted octanol–water partition coefficient (Wildman–Crippen LogP) is 0.502. The molecule has 11 heteroatoms. The summed E-state index contributed by atoms with van der Waals surface area (Å²) < 4.78 is 66.6. The minimum atomic E-state index is -4.99. The number of hydroxylamine groups is 1. The molecular formula is C9H13NO8S2. The van der Waals surface area contributed by atoms with E-state index < -0.39 is 36.0 Å². The van der Waals surface area contributed by atoms with Crippen molar-refractivity contribution in [2.45, 2.75) is 29.8 Å². The van der Waals surface area contributed by atoms with Crippen LogP contribution in [-0.2, 0) is 20.2 Å². The summed E-state index contributed by atoms with van der Waals surface area (Å²) in [6.45, 7) is 1.95. The Kier molecular flexibility index (Phi) is 4.91. The predicted molar refractivity (Wildman–Crippen MR) is 66.9 cm³/mol. The van der Waals surface area contributed by atoms with Crippen LogP contribution in [0.5, 0.6) is 0 Å². The normalized spacial score (nSPS) is 13.7. The maximum atomic E-state index is 11.4. The number of rotatable bonds is 6. The Balaban J connectivity index is 3.31. The second-order valence-corrected chi connectivity index (χ2v) is 6.58. The second kappa shape index (κ2) is 5.91. The Hall–Kier alpha value is -1.43. The van der Waals surface area contributed by atoms with Gasteiger partial charge in [0.15, 0.2) is 17.2 Å². The first kappa shape index (κ1) is 16.6. The topological polar surface area (TPSA) is 148 Å². The molecule has 0 spiro atoms. The average Bonchev–Trinajstić information content (AvgIpc) is 2.69.